The predicted molar refractivity (Wildman–Crippen MR) is 110 cm³/mol. The first-order chi connectivity index (χ1) is 12.3. The highest BCUT2D eigenvalue weighted by molar-refractivity contribution is 7.99. The Kier molecular flexibility index (Phi) is 6.12. The summed E-state index contributed by atoms with van der Waals surface area (Å²) in [6.45, 7) is 1.20. The van der Waals surface area contributed by atoms with E-state index < -0.39 is 0 Å². The van der Waals surface area contributed by atoms with E-state index in [2.05, 4.69) is 58.7 Å². The fourth-order valence-corrected chi connectivity index (χ4v) is 4.48. The quantitative estimate of drug-likeness (QED) is 0.785. The fraction of sp³-hybridized carbons (Fsp3) is 0.350. The van der Waals surface area contributed by atoms with E-state index in [-0.39, 0.29) is 24.4 Å². The molecular formula is C20H24ClN3OS. The number of rotatable bonds is 6. The molecule has 0 aromatic heterocycles. The Balaban J connectivity index is 0.00000196. The van der Waals surface area contributed by atoms with Gasteiger partial charge in [0.1, 0.15) is 0 Å². The van der Waals surface area contributed by atoms with Gasteiger partial charge >= 0.3 is 0 Å². The van der Waals surface area contributed by atoms with Crippen LogP contribution in [-0.4, -0.2) is 25.0 Å². The van der Waals surface area contributed by atoms with Crippen LogP contribution in [0.3, 0.4) is 0 Å². The summed E-state index contributed by atoms with van der Waals surface area (Å²) in [6.07, 6.45) is 2.84. The summed E-state index contributed by atoms with van der Waals surface area (Å²) in [6, 6.07) is 16.9. The van der Waals surface area contributed by atoms with Crippen LogP contribution in [0.1, 0.15) is 19.3 Å². The number of amides is 1. The number of nitrogens with two attached hydrogens (primary N) is 1. The van der Waals surface area contributed by atoms with Crippen molar-refractivity contribution in [3.05, 3.63) is 48.5 Å². The summed E-state index contributed by atoms with van der Waals surface area (Å²) < 4.78 is 0. The van der Waals surface area contributed by atoms with Crippen LogP contribution >= 0.6 is 24.2 Å². The number of carbonyl (C=O) groups excluding carboxylic acids is 1. The lowest BCUT2D eigenvalue weighted by Gasteiger charge is -2.32. The third-order valence-corrected chi connectivity index (χ3v) is 6.02. The summed E-state index contributed by atoms with van der Waals surface area (Å²) >= 11 is 1.79. The summed E-state index contributed by atoms with van der Waals surface area (Å²) in [7, 11) is 0. The van der Waals surface area contributed by atoms with Gasteiger partial charge in [-0.3, -0.25) is 4.79 Å². The zero-order valence-corrected chi connectivity index (χ0v) is 16.2. The summed E-state index contributed by atoms with van der Waals surface area (Å²) in [5, 5.41) is 3.12. The largest absolute Gasteiger partial charge is 0.352 e. The van der Waals surface area contributed by atoms with E-state index in [9.17, 15) is 4.79 Å². The molecule has 4 rings (SSSR count). The average Bonchev–Trinajstić information content (AvgIpc) is 3.48. The highest BCUT2D eigenvalue weighted by Crippen LogP contribution is 2.47. The molecule has 2 aliphatic rings. The smallest absolute Gasteiger partial charge is 0.222 e. The Hall–Kier alpha value is -1.69. The van der Waals surface area contributed by atoms with Gasteiger partial charge in [-0.15, -0.1) is 12.4 Å². The van der Waals surface area contributed by atoms with Crippen molar-refractivity contribution < 1.29 is 4.79 Å². The maximum atomic E-state index is 12.4. The average molecular weight is 390 g/mol. The lowest BCUT2D eigenvalue weighted by Crippen LogP contribution is -2.42. The van der Waals surface area contributed by atoms with Gasteiger partial charge in [0.25, 0.3) is 0 Å². The Morgan fingerprint density at radius 2 is 1.69 bits per heavy atom. The highest BCUT2D eigenvalue weighted by Gasteiger charge is 2.31. The second-order valence-corrected chi connectivity index (χ2v) is 7.77. The third-order valence-electron chi connectivity index (χ3n) is 4.89. The van der Waals surface area contributed by atoms with Gasteiger partial charge in [-0.25, -0.2) is 0 Å². The van der Waals surface area contributed by atoms with Gasteiger partial charge in [-0.05, 0) is 43.0 Å². The summed E-state index contributed by atoms with van der Waals surface area (Å²) in [5.41, 5.74) is 8.15. The molecule has 2 aromatic rings. The number of para-hydroxylation sites is 2. The minimum absolute atomic E-state index is 0. The number of carbonyl (C=O) groups is 1. The number of hydrogen-bond acceptors (Lipinski definition) is 4. The Bertz CT molecular complexity index is 736. The molecule has 0 bridgehead atoms. The van der Waals surface area contributed by atoms with Gasteiger partial charge in [-0.1, -0.05) is 36.0 Å². The molecule has 4 nitrogen and oxygen atoms in total. The lowest BCUT2D eigenvalue weighted by atomic mass is 10.1. The van der Waals surface area contributed by atoms with Crippen LogP contribution < -0.4 is 16.0 Å². The normalized spacial score (nSPS) is 16.1. The minimum Gasteiger partial charge on any atom is -0.352 e. The predicted octanol–water partition coefficient (Wildman–Crippen LogP) is 3.95. The zero-order chi connectivity index (χ0) is 17.2. The van der Waals surface area contributed by atoms with Crippen LogP contribution in [0.15, 0.2) is 58.3 Å². The van der Waals surface area contributed by atoms with Crippen molar-refractivity contribution in [1.82, 2.24) is 5.32 Å². The third kappa shape index (κ3) is 4.00. The highest BCUT2D eigenvalue weighted by atomic mass is 35.5. The molecule has 6 heteroatoms. The first-order valence-corrected chi connectivity index (χ1v) is 9.71. The second kappa shape index (κ2) is 8.33. The summed E-state index contributed by atoms with van der Waals surface area (Å²) in [4.78, 5) is 17.1. The number of halogens is 1. The van der Waals surface area contributed by atoms with E-state index in [1.54, 1.807) is 11.8 Å². The van der Waals surface area contributed by atoms with E-state index in [0.29, 0.717) is 25.4 Å². The molecule has 1 unspecified atom stereocenters. The number of fused-ring (bicyclic) bond motifs is 2. The zero-order valence-electron chi connectivity index (χ0n) is 14.6. The lowest BCUT2D eigenvalue weighted by molar-refractivity contribution is -0.121. The fourth-order valence-electron chi connectivity index (χ4n) is 3.38. The van der Waals surface area contributed by atoms with Crippen LogP contribution in [0.4, 0.5) is 11.4 Å². The van der Waals surface area contributed by atoms with Gasteiger partial charge in [0, 0.05) is 35.3 Å². The van der Waals surface area contributed by atoms with Crippen molar-refractivity contribution >= 4 is 41.5 Å². The van der Waals surface area contributed by atoms with E-state index >= 15 is 0 Å². The van der Waals surface area contributed by atoms with E-state index in [1.165, 1.54) is 34.0 Å². The Labute approximate surface area is 164 Å². The first-order valence-electron chi connectivity index (χ1n) is 8.89. The molecule has 0 saturated heterocycles. The van der Waals surface area contributed by atoms with Crippen molar-refractivity contribution in [2.75, 3.05) is 18.0 Å². The Morgan fingerprint density at radius 1 is 1.12 bits per heavy atom. The van der Waals surface area contributed by atoms with Gasteiger partial charge in [0.05, 0.1) is 11.4 Å². The van der Waals surface area contributed by atoms with Gasteiger partial charge in [0.2, 0.25) is 5.91 Å². The minimum atomic E-state index is 0. The van der Waals surface area contributed by atoms with E-state index in [4.69, 9.17) is 5.73 Å². The number of hydrogen-bond donors (Lipinski definition) is 2. The number of anilines is 2. The van der Waals surface area contributed by atoms with Crippen LogP contribution in [0.2, 0.25) is 0 Å². The SMILES string of the molecule is Cl.NCC(NC(=O)CCN1c2ccccc2Sc2ccccc21)C1CC1. The second-order valence-electron chi connectivity index (χ2n) is 6.69. The van der Waals surface area contributed by atoms with Gasteiger partial charge in [-0.2, -0.15) is 0 Å². The van der Waals surface area contributed by atoms with Crippen molar-refractivity contribution in [1.29, 1.82) is 0 Å². The molecular weight excluding hydrogens is 366 g/mol. The summed E-state index contributed by atoms with van der Waals surface area (Å²) in [5.74, 6) is 0.678. The molecule has 1 saturated carbocycles. The van der Waals surface area contributed by atoms with Crippen LogP contribution in [-0.2, 0) is 4.79 Å². The molecule has 3 N–H and O–H groups in total. The Morgan fingerprint density at radius 3 is 2.23 bits per heavy atom. The van der Waals surface area contributed by atoms with Gasteiger partial charge in [0.15, 0.2) is 0 Å². The molecule has 0 spiro atoms. The van der Waals surface area contributed by atoms with Crippen molar-refractivity contribution in [2.45, 2.75) is 35.1 Å². The number of nitrogens with zero attached hydrogens (tertiary/aromatic N) is 1. The molecule has 26 heavy (non-hydrogen) atoms. The molecule has 1 aliphatic carbocycles. The maximum Gasteiger partial charge on any atom is 0.222 e. The molecule has 1 fully saturated rings. The van der Waals surface area contributed by atoms with E-state index in [0.717, 1.165) is 0 Å². The van der Waals surface area contributed by atoms with Crippen molar-refractivity contribution in [2.24, 2.45) is 11.7 Å². The van der Waals surface area contributed by atoms with E-state index in [1.807, 2.05) is 0 Å². The standard InChI is InChI=1S/C20H23N3OS.ClH/c21-13-15(14-9-10-14)22-20(24)11-12-23-16-5-1-3-7-18(16)25-19-8-4-2-6-17(19)23;/h1-8,14-15H,9-13,21H2,(H,22,24);1H. The molecule has 138 valence electrons. The molecule has 0 radical (unpaired) electrons. The van der Waals surface area contributed by atoms with Crippen molar-refractivity contribution in [3.8, 4) is 0 Å². The van der Waals surface area contributed by atoms with Crippen LogP contribution in [0.5, 0.6) is 0 Å². The van der Waals surface area contributed by atoms with Crippen molar-refractivity contribution in [3.63, 3.8) is 0 Å². The van der Waals surface area contributed by atoms with Crippen LogP contribution in [0.25, 0.3) is 0 Å². The number of nitrogens with one attached hydrogen (secondary N) is 1. The maximum absolute atomic E-state index is 12.4. The first kappa shape index (κ1) is 19.1. The monoisotopic (exact) mass is 389 g/mol. The molecule has 2 aromatic carbocycles. The molecule has 1 amide bonds. The molecule has 1 atom stereocenters. The molecule has 1 heterocycles. The van der Waals surface area contributed by atoms with Gasteiger partial charge < -0.3 is 16.0 Å². The molecule has 1 aliphatic heterocycles. The van der Waals surface area contributed by atoms with Crippen LogP contribution in [0, 0.1) is 5.92 Å². The number of benzene rings is 2. The topological polar surface area (TPSA) is 58.4 Å².